The van der Waals surface area contributed by atoms with Gasteiger partial charge in [-0.1, -0.05) is 39.8 Å². The van der Waals surface area contributed by atoms with Crippen molar-refractivity contribution in [2.75, 3.05) is 6.61 Å². The quantitative estimate of drug-likeness (QED) is 0.563. The molecule has 1 unspecified atom stereocenters. The minimum atomic E-state index is -1.87. The summed E-state index contributed by atoms with van der Waals surface area (Å²) in [6.07, 6.45) is 7.52. The van der Waals surface area contributed by atoms with Gasteiger partial charge in [-0.2, -0.15) is 0 Å². The molecule has 0 aromatic heterocycles. The van der Waals surface area contributed by atoms with E-state index in [1.165, 1.54) is 0 Å². The molecule has 0 heterocycles. The van der Waals surface area contributed by atoms with Gasteiger partial charge in [0.1, 0.15) is 0 Å². The van der Waals surface area contributed by atoms with Gasteiger partial charge in [0, 0.05) is 5.92 Å². The van der Waals surface area contributed by atoms with Crippen molar-refractivity contribution in [3.8, 4) is 0 Å². The summed E-state index contributed by atoms with van der Waals surface area (Å²) in [5, 5.41) is 0.150. The Morgan fingerprint density at radius 1 is 1.29 bits per heavy atom. The van der Waals surface area contributed by atoms with E-state index in [0.29, 0.717) is 12.2 Å². The third-order valence-electron chi connectivity index (χ3n) is 4.13. The van der Waals surface area contributed by atoms with E-state index < -0.39 is 8.32 Å². The van der Waals surface area contributed by atoms with Gasteiger partial charge in [0.05, 0.1) is 17.9 Å². The molecule has 1 atom stereocenters. The Hall–Kier alpha value is -1.29. The van der Waals surface area contributed by atoms with E-state index in [-0.39, 0.29) is 16.9 Å². The van der Waals surface area contributed by atoms with Gasteiger partial charge in [-0.15, -0.1) is 0 Å². The lowest BCUT2D eigenvalue weighted by atomic mass is 10.1. The Balaban J connectivity index is 2.98. The Bertz CT molecular complexity index is 479. The normalized spacial score (nSPS) is 19.5. The van der Waals surface area contributed by atoms with Gasteiger partial charge in [-0.3, -0.25) is 0 Å². The van der Waals surface area contributed by atoms with Gasteiger partial charge in [0.2, 0.25) is 8.32 Å². The summed E-state index contributed by atoms with van der Waals surface area (Å²) >= 11 is 0. The molecule has 0 aliphatic heterocycles. The number of carbonyl (C=O) groups excluding carboxylic acids is 1. The molecule has 0 bridgehead atoms. The van der Waals surface area contributed by atoms with Crippen LogP contribution in [0.3, 0.4) is 0 Å². The smallest absolute Gasteiger partial charge is 0.338 e. The lowest BCUT2D eigenvalue weighted by Crippen LogP contribution is -2.41. The molecule has 0 aromatic rings. The van der Waals surface area contributed by atoms with Gasteiger partial charge < -0.3 is 9.16 Å². The van der Waals surface area contributed by atoms with E-state index in [2.05, 4.69) is 40.8 Å². The lowest BCUT2D eigenvalue weighted by Gasteiger charge is -2.38. The summed E-state index contributed by atoms with van der Waals surface area (Å²) in [4.78, 5) is 11.8. The highest BCUT2D eigenvalue weighted by Gasteiger charge is 2.39. The van der Waals surface area contributed by atoms with Crippen LogP contribution in [-0.4, -0.2) is 20.9 Å². The van der Waals surface area contributed by atoms with Gasteiger partial charge in [-0.25, -0.2) is 4.79 Å². The molecule has 1 aliphatic rings. The molecule has 0 amide bonds. The third kappa shape index (κ3) is 4.60. The number of rotatable bonds is 4. The van der Waals surface area contributed by atoms with Crippen LogP contribution < -0.4 is 0 Å². The first-order valence-corrected chi connectivity index (χ1v) is 10.5. The van der Waals surface area contributed by atoms with E-state index in [1.54, 1.807) is 6.08 Å². The second kappa shape index (κ2) is 6.65. The Labute approximate surface area is 129 Å². The largest absolute Gasteiger partial charge is 0.546 e. The number of carbonyl (C=O) groups is 1. The van der Waals surface area contributed by atoms with Gasteiger partial charge in [-0.05, 0) is 37.2 Å². The Morgan fingerprint density at radius 3 is 2.43 bits per heavy atom. The summed E-state index contributed by atoms with van der Waals surface area (Å²) in [7, 11) is -1.87. The van der Waals surface area contributed by atoms with Crippen LogP contribution in [0.25, 0.3) is 0 Å². The first-order chi connectivity index (χ1) is 9.58. The Morgan fingerprint density at radius 2 is 1.90 bits per heavy atom. The fourth-order valence-electron chi connectivity index (χ4n) is 1.65. The monoisotopic (exact) mass is 308 g/mol. The van der Waals surface area contributed by atoms with Crippen LogP contribution in [0, 0.1) is 5.92 Å². The standard InChI is InChI=1S/C17H28O3Si/c1-8-19-16(18)14-10-9-13(2)15(12-11-14)20-21(6,7)17(3,4)5/h9-13H,8H2,1-7H3. The molecule has 0 spiro atoms. The van der Waals surface area contributed by atoms with Crippen LogP contribution in [0.5, 0.6) is 0 Å². The molecule has 21 heavy (non-hydrogen) atoms. The maximum absolute atomic E-state index is 11.8. The zero-order valence-corrected chi connectivity index (χ0v) is 15.3. The number of ether oxygens (including phenoxy) is 1. The van der Waals surface area contributed by atoms with E-state index in [0.717, 1.165) is 5.76 Å². The maximum atomic E-state index is 11.8. The number of esters is 1. The van der Waals surface area contributed by atoms with Crippen molar-refractivity contribution in [2.45, 2.75) is 52.8 Å². The van der Waals surface area contributed by atoms with Crippen molar-refractivity contribution in [1.82, 2.24) is 0 Å². The lowest BCUT2D eigenvalue weighted by molar-refractivity contribution is -0.138. The fraction of sp³-hybridized carbons (Fsp3) is 0.588. The summed E-state index contributed by atoms with van der Waals surface area (Å²) in [5.41, 5.74) is 0.567. The molecule has 3 nitrogen and oxygen atoms in total. The number of hydrogen-bond acceptors (Lipinski definition) is 3. The molecule has 0 aromatic carbocycles. The number of allylic oxidation sites excluding steroid dienone is 3. The van der Waals surface area contributed by atoms with Gasteiger partial charge in [0.15, 0.2) is 0 Å². The first kappa shape index (κ1) is 17.8. The molecule has 0 N–H and O–H groups in total. The summed E-state index contributed by atoms with van der Waals surface area (Å²) in [6.45, 7) is 15.4. The van der Waals surface area contributed by atoms with Crippen LogP contribution in [0.15, 0.2) is 35.6 Å². The Kier molecular flexibility index (Phi) is 5.62. The van der Waals surface area contributed by atoms with Crippen molar-refractivity contribution in [1.29, 1.82) is 0 Å². The van der Waals surface area contributed by atoms with Crippen LogP contribution >= 0.6 is 0 Å². The predicted octanol–water partition coefficient (Wildman–Crippen LogP) is 4.59. The second-order valence-electron chi connectivity index (χ2n) is 6.92. The molecule has 0 fully saturated rings. The van der Waals surface area contributed by atoms with Gasteiger partial charge >= 0.3 is 5.97 Å². The van der Waals surface area contributed by atoms with Crippen molar-refractivity contribution < 1.29 is 14.0 Å². The third-order valence-corrected chi connectivity index (χ3v) is 8.49. The highest BCUT2D eigenvalue weighted by atomic mass is 28.4. The van der Waals surface area contributed by atoms with Crippen molar-refractivity contribution in [3.63, 3.8) is 0 Å². The van der Waals surface area contributed by atoms with Crippen LogP contribution in [-0.2, 0) is 14.0 Å². The molecule has 0 radical (unpaired) electrons. The predicted molar refractivity (Wildman–Crippen MR) is 89.4 cm³/mol. The van der Waals surface area contributed by atoms with Crippen molar-refractivity contribution >= 4 is 14.3 Å². The highest BCUT2D eigenvalue weighted by molar-refractivity contribution is 6.74. The number of hydrogen-bond donors (Lipinski definition) is 0. The summed E-state index contributed by atoms with van der Waals surface area (Å²) in [5.74, 6) is 0.796. The van der Waals surface area contributed by atoms with Crippen LogP contribution in [0.4, 0.5) is 0 Å². The molecule has 0 saturated carbocycles. The molecule has 118 valence electrons. The topological polar surface area (TPSA) is 35.5 Å². The molecular weight excluding hydrogens is 280 g/mol. The SMILES string of the molecule is CCOC(=O)C1=CC=C(O[Si](C)(C)C(C)(C)C)C(C)C=C1. The van der Waals surface area contributed by atoms with E-state index in [9.17, 15) is 4.79 Å². The maximum Gasteiger partial charge on any atom is 0.338 e. The van der Waals surface area contributed by atoms with E-state index in [1.807, 2.05) is 25.2 Å². The average Bonchev–Trinajstić information content (AvgIpc) is 2.51. The van der Waals surface area contributed by atoms with Gasteiger partial charge in [0.25, 0.3) is 0 Å². The minimum Gasteiger partial charge on any atom is -0.546 e. The zero-order valence-electron chi connectivity index (χ0n) is 14.3. The molecule has 0 saturated heterocycles. The van der Waals surface area contributed by atoms with E-state index >= 15 is 0 Å². The molecule has 1 aliphatic carbocycles. The fourth-order valence-corrected chi connectivity index (χ4v) is 2.80. The average molecular weight is 308 g/mol. The van der Waals surface area contributed by atoms with Crippen LogP contribution in [0.1, 0.15) is 34.6 Å². The molecule has 1 rings (SSSR count). The second-order valence-corrected chi connectivity index (χ2v) is 11.6. The summed E-state index contributed by atoms with van der Waals surface area (Å²) < 4.78 is 11.4. The first-order valence-electron chi connectivity index (χ1n) is 7.54. The van der Waals surface area contributed by atoms with Crippen LogP contribution in [0.2, 0.25) is 18.1 Å². The van der Waals surface area contributed by atoms with E-state index in [4.69, 9.17) is 9.16 Å². The zero-order chi connectivity index (χ0) is 16.3. The van der Waals surface area contributed by atoms with Crippen molar-refractivity contribution in [3.05, 3.63) is 35.6 Å². The van der Waals surface area contributed by atoms with Crippen molar-refractivity contribution in [2.24, 2.45) is 5.92 Å². The minimum absolute atomic E-state index is 0.150. The summed E-state index contributed by atoms with van der Waals surface area (Å²) in [6, 6.07) is 0. The molecular formula is C17H28O3Si. The molecule has 4 heteroatoms. The highest BCUT2D eigenvalue weighted by Crippen LogP contribution is 2.39.